The van der Waals surface area contributed by atoms with Gasteiger partial charge in [-0.1, -0.05) is 13.3 Å². The highest BCUT2D eigenvalue weighted by Crippen LogP contribution is 2.43. The normalized spacial score (nSPS) is 23.7. The Morgan fingerprint density at radius 2 is 2.08 bits per heavy atom. The van der Waals surface area contributed by atoms with Crippen LogP contribution in [0, 0.1) is 22.0 Å². The maximum Gasteiger partial charge on any atom is 0.269 e. The maximum absolute atomic E-state index is 11.0. The van der Waals surface area contributed by atoms with Crippen molar-refractivity contribution in [3.8, 4) is 5.75 Å². The predicted octanol–water partition coefficient (Wildman–Crippen LogP) is 5.30. The minimum Gasteiger partial charge on any atom is -0.497 e. The van der Waals surface area contributed by atoms with E-state index in [0.717, 1.165) is 47.6 Å². The summed E-state index contributed by atoms with van der Waals surface area (Å²) >= 11 is 5.75. The van der Waals surface area contributed by atoms with Gasteiger partial charge in [-0.3, -0.25) is 20.0 Å². The van der Waals surface area contributed by atoms with Crippen LogP contribution in [0.15, 0.2) is 54.7 Å². The van der Waals surface area contributed by atoms with Gasteiger partial charge in [0.15, 0.2) is 5.11 Å². The molecule has 9 heteroatoms. The Morgan fingerprint density at radius 3 is 2.75 bits per heavy atom. The quantitative estimate of drug-likeness (QED) is 0.254. The summed E-state index contributed by atoms with van der Waals surface area (Å²) in [6.45, 7) is 4.50. The molecule has 2 aromatic carbocycles. The van der Waals surface area contributed by atoms with Crippen LogP contribution < -0.4 is 15.4 Å². The molecule has 3 aliphatic heterocycles. The number of hydrogen-bond donors (Lipinski definition) is 2. The molecule has 0 aliphatic carbocycles. The van der Waals surface area contributed by atoms with Gasteiger partial charge in [-0.15, -0.1) is 0 Å². The van der Waals surface area contributed by atoms with Gasteiger partial charge in [0.25, 0.3) is 5.69 Å². The number of nitrogens with zero attached hydrogens (tertiary/aromatic N) is 3. The van der Waals surface area contributed by atoms with Crippen molar-refractivity contribution < 1.29 is 9.66 Å². The van der Waals surface area contributed by atoms with Gasteiger partial charge in [0, 0.05) is 42.0 Å². The summed E-state index contributed by atoms with van der Waals surface area (Å²) in [6, 6.07) is 14.6. The van der Waals surface area contributed by atoms with Crippen LogP contribution in [0.3, 0.4) is 0 Å². The zero-order valence-corrected chi connectivity index (χ0v) is 21.3. The molecule has 6 rings (SSSR count). The number of ether oxygens (including phenoxy) is 1. The van der Waals surface area contributed by atoms with E-state index in [2.05, 4.69) is 33.5 Å². The molecule has 2 bridgehead atoms. The monoisotopic (exact) mass is 505 g/mol. The van der Waals surface area contributed by atoms with Gasteiger partial charge in [-0.2, -0.15) is 0 Å². The summed E-state index contributed by atoms with van der Waals surface area (Å²) < 4.78 is 5.52. The second-order valence-corrected chi connectivity index (χ2v) is 10.1. The Labute approximate surface area is 216 Å². The van der Waals surface area contributed by atoms with Crippen molar-refractivity contribution in [2.45, 2.75) is 38.3 Å². The second-order valence-electron chi connectivity index (χ2n) is 9.68. The number of hydrogen-bond acceptors (Lipinski definition) is 6. The van der Waals surface area contributed by atoms with Crippen molar-refractivity contribution in [3.63, 3.8) is 0 Å². The second kappa shape index (κ2) is 10.4. The van der Waals surface area contributed by atoms with Crippen molar-refractivity contribution in [2.75, 3.05) is 25.5 Å². The van der Waals surface area contributed by atoms with E-state index in [9.17, 15) is 10.1 Å². The van der Waals surface area contributed by atoms with E-state index in [0.29, 0.717) is 22.8 Å². The van der Waals surface area contributed by atoms with Crippen molar-refractivity contribution >= 4 is 39.6 Å². The van der Waals surface area contributed by atoms with Crippen molar-refractivity contribution in [2.24, 2.45) is 11.8 Å². The van der Waals surface area contributed by atoms with Crippen LogP contribution in [0.4, 0.5) is 11.4 Å². The summed E-state index contributed by atoms with van der Waals surface area (Å²) in [5, 5.41) is 19.4. The third-order valence-electron chi connectivity index (χ3n) is 7.79. The van der Waals surface area contributed by atoms with Crippen molar-refractivity contribution in [3.05, 3.63) is 70.4 Å². The third kappa shape index (κ3) is 4.85. The molecule has 2 N–H and O–H groups in total. The van der Waals surface area contributed by atoms with Crippen LogP contribution in [0.25, 0.3) is 10.9 Å². The number of benzene rings is 2. The summed E-state index contributed by atoms with van der Waals surface area (Å²) in [4.78, 5) is 17.8. The summed E-state index contributed by atoms with van der Waals surface area (Å²) in [5.41, 5.74) is 2.80. The number of rotatable bonds is 7. The molecule has 3 unspecified atom stereocenters. The molecule has 3 aromatic rings. The first kappa shape index (κ1) is 24.4. The summed E-state index contributed by atoms with van der Waals surface area (Å²) in [6.07, 6.45) is 5.43. The molecule has 188 valence electrons. The number of nitrogens with one attached hydrogen (secondary N) is 2. The molecular weight excluding hydrogens is 474 g/mol. The topological polar surface area (TPSA) is 92.6 Å². The highest BCUT2D eigenvalue weighted by atomic mass is 32.1. The number of non-ortho nitro benzene ring substituents is 1. The lowest BCUT2D eigenvalue weighted by Gasteiger charge is -2.52. The Balaban J connectivity index is 1.47. The molecule has 0 saturated carbocycles. The molecule has 3 saturated heterocycles. The zero-order chi connectivity index (χ0) is 25.2. The SMILES string of the molecule is CCC1CN2CCC1C[C@H]2[C@@H](NC(=S)Nc1ccc([N+](=O)[O-])cc1)c1ccnc2ccc(OC)cc12. The average molecular weight is 506 g/mol. The Morgan fingerprint density at radius 1 is 1.28 bits per heavy atom. The largest absolute Gasteiger partial charge is 0.497 e. The fourth-order valence-corrected chi connectivity index (χ4v) is 6.13. The number of aromatic nitrogens is 1. The minimum absolute atomic E-state index is 0.0472. The van der Waals surface area contributed by atoms with Gasteiger partial charge in [0.2, 0.25) is 0 Å². The first-order chi connectivity index (χ1) is 17.5. The van der Waals surface area contributed by atoms with E-state index in [1.165, 1.54) is 25.0 Å². The fourth-order valence-electron chi connectivity index (χ4n) is 5.89. The van der Waals surface area contributed by atoms with Crippen LogP contribution in [0.1, 0.15) is 37.8 Å². The van der Waals surface area contributed by atoms with Crippen LogP contribution in [0.5, 0.6) is 5.75 Å². The van der Waals surface area contributed by atoms with Crippen LogP contribution in [-0.2, 0) is 0 Å². The van der Waals surface area contributed by atoms with E-state index < -0.39 is 4.92 Å². The number of thiocarbonyl (C=S) groups is 1. The van der Waals surface area contributed by atoms with E-state index in [4.69, 9.17) is 17.0 Å². The molecular formula is C27H31N5O3S. The van der Waals surface area contributed by atoms with Gasteiger partial charge < -0.3 is 15.4 Å². The third-order valence-corrected chi connectivity index (χ3v) is 8.01. The van der Waals surface area contributed by atoms with Crippen molar-refractivity contribution in [1.29, 1.82) is 0 Å². The highest BCUT2D eigenvalue weighted by Gasteiger charge is 2.43. The van der Waals surface area contributed by atoms with Crippen LogP contribution in [-0.4, -0.2) is 46.2 Å². The molecule has 36 heavy (non-hydrogen) atoms. The molecule has 4 heterocycles. The van der Waals surface area contributed by atoms with Gasteiger partial charge in [-0.05, 0) is 85.4 Å². The molecule has 0 spiro atoms. The summed E-state index contributed by atoms with van der Waals surface area (Å²) in [5.74, 6) is 2.25. The van der Waals surface area contributed by atoms with Gasteiger partial charge in [0.1, 0.15) is 5.75 Å². The molecule has 3 fully saturated rings. The number of methoxy groups -OCH3 is 1. The van der Waals surface area contributed by atoms with E-state index in [1.54, 1.807) is 19.2 Å². The lowest BCUT2D eigenvalue weighted by Crippen LogP contribution is -2.58. The molecule has 0 radical (unpaired) electrons. The number of nitro benzene ring substituents is 1. The first-order valence-corrected chi connectivity index (χ1v) is 12.9. The number of fused-ring (bicyclic) bond motifs is 4. The maximum atomic E-state index is 11.0. The lowest BCUT2D eigenvalue weighted by molar-refractivity contribution is -0.384. The zero-order valence-electron chi connectivity index (χ0n) is 20.5. The molecule has 8 nitrogen and oxygen atoms in total. The van der Waals surface area contributed by atoms with E-state index >= 15 is 0 Å². The lowest BCUT2D eigenvalue weighted by atomic mass is 9.72. The standard InChI is InChI=1S/C27H31N5O3S/c1-3-17-16-31-13-11-18(17)14-25(31)26(22-10-12-28-24-9-8-21(35-2)15-23(22)24)30-27(36)29-19-4-6-20(7-5-19)32(33)34/h4-10,12,15,17-18,25-26H,3,11,13-14,16H2,1-2H3,(H2,29,30,36)/t17?,18?,25-,26-/m0/s1. The van der Waals surface area contributed by atoms with Gasteiger partial charge in [0.05, 0.1) is 23.6 Å². The minimum atomic E-state index is -0.407. The molecule has 0 amide bonds. The van der Waals surface area contributed by atoms with Crippen LogP contribution in [0.2, 0.25) is 0 Å². The van der Waals surface area contributed by atoms with Crippen molar-refractivity contribution in [1.82, 2.24) is 15.2 Å². The smallest absolute Gasteiger partial charge is 0.269 e. The molecule has 1 aromatic heterocycles. The average Bonchev–Trinajstić information content (AvgIpc) is 2.91. The summed E-state index contributed by atoms with van der Waals surface area (Å²) in [7, 11) is 1.67. The number of piperidine rings is 3. The Kier molecular flexibility index (Phi) is 7.02. The van der Waals surface area contributed by atoms with E-state index in [1.807, 2.05) is 24.4 Å². The number of nitro groups is 1. The van der Waals surface area contributed by atoms with Crippen LogP contribution >= 0.6 is 12.2 Å². The van der Waals surface area contributed by atoms with Gasteiger partial charge in [-0.25, -0.2) is 0 Å². The Hall–Kier alpha value is -3.30. The van der Waals surface area contributed by atoms with E-state index in [-0.39, 0.29) is 11.7 Å². The number of pyridine rings is 1. The Bertz CT molecular complexity index is 1270. The highest BCUT2D eigenvalue weighted by molar-refractivity contribution is 7.80. The fraction of sp³-hybridized carbons (Fsp3) is 0.407. The predicted molar refractivity (Wildman–Crippen MR) is 145 cm³/mol. The van der Waals surface area contributed by atoms with Gasteiger partial charge >= 0.3 is 0 Å². The molecule has 5 atom stereocenters. The molecule has 3 aliphatic rings. The first-order valence-electron chi connectivity index (χ1n) is 12.5. The number of anilines is 1.